The zero-order valence-corrected chi connectivity index (χ0v) is 10.3. The fraction of sp³-hybridized carbons (Fsp3) is 0.385. The van der Waals surface area contributed by atoms with Crippen LogP contribution in [0.25, 0.3) is 0 Å². The van der Waals surface area contributed by atoms with Crippen molar-refractivity contribution in [2.75, 3.05) is 11.9 Å². The van der Waals surface area contributed by atoms with E-state index >= 15 is 0 Å². The second kappa shape index (κ2) is 5.90. The molecule has 2 N–H and O–H groups in total. The Bertz CT molecular complexity index is 484. The number of carboxylic acid groups (broad SMARTS) is 1. The van der Waals surface area contributed by atoms with E-state index in [4.69, 9.17) is 5.11 Å². The summed E-state index contributed by atoms with van der Waals surface area (Å²) in [6.45, 7) is 5.99. The van der Waals surface area contributed by atoms with Gasteiger partial charge in [-0.1, -0.05) is 0 Å². The first kappa shape index (κ1) is 13.0. The molecule has 0 radical (unpaired) electrons. The van der Waals surface area contributed by atoms with Gasteiger partial charge in [0.15, 0.2) is 0 Å². The fourth-order valence-electron chi connectivity index (χ4n) is 1.60. The SMILES string of the molecule is CC#CCCNc1nc(C)cc(C)c1C(=O)O. The van der Waals surface area contributed by atoms with Crippen molar-refractivity contribution in [3.05, 3.63) is 22.9 Å². The van der Waals surface area contributed by atoms with Crippen LogP contribution in [0.15, 0.2) is 6.07 Å². The Kier molecular flexibility index (Phi) is 4.53. The molecule has 0 amide bonds. The molecule has 1 rings (SSSR count). The summed E-state index contributed by atoms with van der Waals surface area (Å²) >= 11 is 0. The molecule has 0 saturated carbocycles. The van der Waals surface area contributed by atoms with Gasteiger partial charge in [0, 0.05) is 18.7 Å². The van der Waals surface area contributed by atoms with E-state index in [0.29, 0.717) is 24.3 Å². The molecule has 1 aromatic rings. The van der Waals surface area contributed by atoms with Gasteiger partial charge in [-0.25, -0.2) is 9.78 Å². The summed E-state index contributed by atoms with van der Waals surface area (Å²) in [5, 5.41) is 12.1. The third-order valence-corrected chi connectivity index (χ3v) is 2.28. The lowest BCUT2D eigenvalue weighted by Crippen LogP contribution is -2.11. The number of pyridine rings is 1. The maximum Gasteiger partial charge on any atom is 0.339 e. The Morgan fingerprint density at radius 2 is 2.24 bits per heavy atom. The molecule has 90 valence electrons. The molecule has 0 aromatic carbocycles. The molecule has 17 heavy (non-hydrogen) atoms. The summed E-state index contributed by atoms with van der Waals surface area (Å²) in [6, 6.07) is 1.76. The van der Waals surface area contributed by atoms with Crippen LogP contribution in [0.4, 0.5) is 5.82 Å². The maximum atomic E-state index is 11.1. The highest BCUT2D eigenvalue weighted by molar-refractivity contribution is 5.94. The largest absolute Gasteiger partial charge is 0.478 e. The summed E-state index contributed by atoms with van der Waals surface area (Å²) in [5.74, 6) is 5.16. The third kappa shape index (κ3) is 3.49. The van der Waals surface area contributed by atoms with Crippen molar-refractivity contribution >= 4 is 11.8 Å². The van der Waals surface area contributed by atoms with Crippen molar-refractivity contribution in [2.45, 2.75) is 27.2 Å². The van der Waals surface area contributed by atoms with Gasteiger partial charge in [0.25, 0.3) is 0 Å². The number of hydrogen-bond acceptors (Lipinski definition) is 3. The predicted molar refractivity (Wildman–Crippen MR) is 67.2 cm³/mol. The monoisotopic (exact) mass is 232 g/mol. The first-order valence-electron chi connectivity index (χ1n) is 5.41. The molecule has 0 aliphatic rings. The van der Waals surface area contributed by atoms with Crippen LogP contribution in [0.2, 0.25) is 0 Å². The Morgan fingerprint density at radius 3 is 2.82 bits per heavy atom. The lowest BCUT2D eigenvalue weighted by Gasteiger charge is -2.10. The maximum absolute atomic E-state index is 11.1. The van der Waals surface area contributed by atoms with Crippen molar-refractivity contribution in [1.29, 1.82) is 0 Å². The molecule has 0 fully saturated rings. The highest BCUT2D eigenvalue weighted by Gasteiger charge is 2.14. The van der Waals surface area contributed by atoms with Crippen LogP contribution in [0.1, 0.15) is 35.0 Å². The van der Waals surface area contributed by atoms with Crippen LogP contribution in [-0.2, 0) is 0 Å². The van der Waals surface area contributed by atoms with E-state index in [1.165, 1.54) is 0 Å². The quantitative estimate of drug-likeness (QED) is 0.617. The average molecular weight is 232 g/mol. The Hall–Kier alpha value is -2.02. The van der Waals surface area contributed by atoms with Crippen molar-refractivity contribution in [2.24, 2.45) is 0 Å². The number of nitrogens with one attached hydrogen (secondary N) is 1. The van der Waals surface area contributed by atoms with Crippen LogP contribution in [0, 0.1) is 25.7 Å². The first-order chi connectivity index (χ1) is 8.06. The van der Waals surface area contributed by atoms with E-state index in [1.54, 1.807) is 19.9 Å². The number of carbonyl (C=O) groups is 1. The normalized spacial score (nSPS) is 9.35. The van der Waals surface area contributed by atoms with Gasteiger partial charge in [0.2, 0.25) is 0 Å². The smallest absolute Gasteiger partial charge is 0.339 e. The number of hydrogen-bond donors (Lipinski definition) is 2. The highest BCUT2D eigenvalue weighted by atomic mass is 16.4. The van der Waals surface area contributed by atoms with Gasteiger partial charge in [-0.3, -0.25) is 0 Å². The van der Waals surface area contributed by atoms with E-state index in [9.17, 15) is 4.79 Å². The van der Waals surface area contributed by atoms with Gasteiger partial charge in [-0.15, -0.1) is 11.8 Å². The molecule has 1 aromatic heterocycles. The summed E-state index contributed by atoms with van der Waals surface area (Å²) in [6.07, 6.45) is 0.671. The number of nitrogens with zero attached hydrogens (tertiary/aromatic N) is 1. The molecule has 0 saturated heterocycles. The molecule has 4 nitrogen and oxygen atoms in total. The lowest BCUT2D eigenvalue weighted by molar-refractivity contribution is 0.0697. The summed E-state index contributed by atoms with van der Waals surface area (Å²) in [5.41, 5.74) is 1.76. The van der Waals surface area contributed by atoms with Crippen molar-refractivity contribution < 1.29 is 9.90 Å². The van der Waals surface area contributed by atoms with Crippen molar-refractivity contribution in [1.82, 2.24) is 4.98 Å². The second-order valence-electron chi connectivity index (χ2n) is 3.71. The van der Waals surface area contributed by atoms with Gasteiger partial charge in [-0.2, -0.15) is 0 Å². The number of aromatic carboxylic acids is 1. The van der Waals surface area contributed by atoms with Crippen molar-refractivity contribution in [3.8, 4) is 11.8 Å². The van der Waals surface area contributed by atoms with E-state index < -0.39 is 5.97 Å². The Balaban J connectivity index is 2.94. The second-order valence-corrected chi connectivity index (χ2v) is 3.71. The van der Waals surface area contributed by atoms with Gasteiger partial charge in [-0.05, 0) is 32.4 Å². The number of anilines is 1. The third-order valence-electron chi connectivity index (χ3n) is 2.28. The number of aryl methyl sites for hydroxylation is 2. The minimum absolute atomic E-state index is 0.236. The zero-order valence-electron chi connectivity index (χ0n) is 10.3. The number of aromatic nitrogens is 1. The zero-order chi connectivity index (χ0) is 12.8. The van der Waals surface area contributed by atoms with E-state index in [-0.39, 0.29) is 5.56 Å². The molecule has 0 aliphatic heterocycles. The minimum Gasteiger partial charge on any atom is -0.478 e. The highest BCUT2D eigenvalue weighted by Crippen LogP contribution is 2.18. The van der Waals surface area contributed by atoms with E-state index in [0.717, 1.165) is 5.69 Å². The fourth-order valence-corrected chi connectivity index (χ4v) is 1.60. The molecular formula is C13H16N2O2. The summed E-state index contributed by atoms with van der Waals surface area (Å²) < 4.78 is 0. The number of carboxylic acids is 1. The van der Waals surface area contributed by atoms with Crippen LogP contribution in [0.5, 0.6) is 0 Å². The molecule has 4 heteroatoms. The first-order valence-corrected chi connectivity index (χ1v) is 5.41. The number of rotatable bonds is 4. The van der Waals surface area contributed by atoms with Gasteiger partial charge in [0.1, 0.15) is 11.4 Å². The molecule has 0 bridgehead atoms. The summed E-state index contributed by atoms with van der Waals surface area (Å²) in [7, 11) is 0. The van der Waals surface area contributed by atoms with E-state index in [2.05, 4.69) is 22.1 Å². The Morgan fingerprint density at radius 1 is 1.53 bits per heavy atom. The average Bonchev–Trinajstić information content (AvgIpc) is 2.22. The van der Waals surface area contributed by atoms with Crippen LogP contribution in [-0.4, -0.2) is 22.6 Å². The van der Waals surface area contributed by atoms with Gasteiger partial charge >= 0.3 is 5.97 Å². The molecular weight excluding hydrogens is 216 g/mol. The topological polar surface area (TPSA) is 62.2 Å². The molecule has 0 unspecified atom stereocenters. The van der Waals surface area contributed by atoms with Crippen LogP contribution < -0.4 is 5.32 Å². The van der Waals surface area contributed by atoms with Gasteiger partial charge < -0.3 is 10.4 Å². The van der Waals surface area contributed by atoms with Crippen molar-refractivity contribution in [3.63, 3.8) is 0 Å². The molecule has 0 spiro atoms. The van der Waals surface area contributed by atoms with Gasteiger partial charge in [0.05, 0.1) is 0 Å². The standard InChI is InChI=1S/C13H16N2O2/c1-4-5-6-7-14-12-11(13(16)17)9(2)8-10(3)15-12/h8H,6-7H2,1-3H3,(H,14,15)(H,16,17). The molecule has 0 atom stereocenters. The molecule has 0 aliphatic carbocycles. The van der Waals surface area contributed by atoms with Crippen LogP contribution in [0.3, 0.4) is 0 Å². The summed E-state index contributed by atoms with van der Waals surface area (Å²) in [4.78, 5) is 15.3. The van der Waals surface area contributed by atoms with Crippen LogP contribution >= 0.6 is 0 Å². The minimum atomic E-state index is -0.959. The lowest BCUT2D eigenvalue weighted by atomic mass is 10.1. The van der Waals surface area contributed by atoms with E-state index in [1.807, 2.05) is 6.92 Å². The predicted octanol–water partition coefficient (Wildman–Crippen LogP) is 2.22. The Labute approximate surface area is 101 Å². The molecule has 1 heterocycles.